The second-order valence-electron chi connectivity index (χ2n) is 5.11. The highest BCUT2D eigenvalue weighted by atomic mass is 16.4. The fourth-order valence-electron chi connectivity index (χ4n) is 2.72. The van der Waals surface area contributed by atoms with E-state index in [1.165, 1.54) is 12.8 Å². The smallest absolute Gasteiger partial charge is 0.339 e. The molecular formula is C14H17N3O2. The lowest BCUT2D eigenvalue weighted by molar-refractivity contribution is 0.0698. The van der Waals surface area contributed by atoms with Crippen molar-refractivity contribution in [1.82, 2.24) is 14.7 Å². The molecule has 0 bridgehead atoms. The van der Waals surface area contributed by atoms with E-state index in [9.17, 15) is 4.79 Å². The van der Waals surface area contributed by atoms with E-state index < -0.39 is 5.97 Å². The van der Waals surface area contributed by atoms with Gasteiger partial charge in [-0.25, -0.2) is 9.78 Å². The molecular weight excluding hydrogens is 242 g/mol. The van der Waals surface area contributed by atoms with E-state index in [4.69, 9.17) is 5.11 Å². The van der Waals surface area contributed by atoms with E-state index in [0.29, 0.717) is 11.6 Å². The molecule has 3 rings (SSSR count). The number of hydrogen-bond acceptors (Lipinski definition) is 3. The minimum Gasteiger partial charge on any atom is -0.478 e. The molecule has 1 saturated heterocycles. The fraction of sp³-hybridized carbons (Fsp3) is 0.429. The normalized spacial score (nSPS) is 19.7. The molecule has 1 fully saturated rings. The lowest BCUT2D eigenvalue weighted by Crippen LogP contribution is -2.30. The van der Waals surface area contributed by atoms with Crippen molar-refractivity contribution >= 4 is 11.6 Å². The molecule has 0 spiro atoms. The van der Waals surface area contributed by atoms with E-state index >= 15 is 0 Å². The van der Waals surface area contributed by atoms with Gasteiger partial charge < -0.3 is 14.8 Å². The lowest BCUT2D eigenvalue weighted by atomic mass is 9.95. The van der Waals surface area contributed by atoms with Crippen molar-refractivity contribution in [1.29, 1.82) is 0 Å². The van der Waals surface area contributed by atoms with E-state index in [0.717, 1.165) is 25.2 Å². The lowest BCUT2D eigenvalue weighted by Gasteiger charge is -2.21. The van der Waals surface area contributed by atoms with E-state index in [1.807, 2.05) is 12.4 Å². The Labute approximate surface area is 111 Å². The highest BCUT2D eigenvalue weighted by molar-refractivity contribution is 5.94. The van der Waals surface area contributed by atoms with Gasteiger partial charge in [0.25, 0.3) is 0 Å². The Morgan fingerprint density at radius 3 is 3.21 bits per heavy atom. The van der Waals surface area contributed by atoms with Crippen LogP contribution >= 0.6 is 0 Å². The highest BCUT2D eigenvalue weighted by Gasteiger charge is 2.17. The first-order valence-corrected chi connectivity index (χ1v) is 6.64. The summed E-state index contributed by atoms with van der Waals surface area (Å²) in [5.41, 5.74) is 1.77. The van der Waals surface area contributed by atoms with E-state index in [1.54, 1.807) is 16.5 Å². The van der Waals surface area contributed by atoms with E-state index in [-0.39, 0.29) is 5.56 Å². The van der Waals surface area contributed by atoms with Gasteiger partial charge >= 0.3 is 5.97 Å². The van der Waals surface area contributed by atoms with Crippen LogP contribution < -0.4 is 5.32 Å². The number of pyridine rings is 1. The quantitative estimate of drug-likeness (QED) is 0.878. The molecule has 3 heterocycles. The van der Waals surface area contributed by atoms with Gasteiger partial charge in [0.1, 0.15) is 5.56 Å². The molecule has 0 saturated carbocycles. The number of carbonyl (C=O) groups is 1. The van der Waals surface area contributed by atoms with Gasteiger partial charge in [-0.1, -0.05) is 0 Å². The van der Waals surface area contributed by atoms with Crippen LogP contribution in [0.4, 0.5) is 0 Å². The van der Waals surface area contributed by atoms with Crippen LogP contribution in [0.3, 0.4) is 0 Å². The number of nitrogens with one attached hydrogen (secondary N) is 1. The number of aromatic nitrogens is 2. The summed E-state index contributed by atoms with van der Waals surface area (Å²) in [6.45, 7) is 2.13. The number of nitrogens with zero attached hydrogens (tertiary/aromatic N) is 2. The summed E-state index contributed by atoms with van der Waals surface area (Å²) in [6.07, 6.45) is 7.12. The van der Waals surface area contributed by atoms with Gasteiger partial charge in [0.2, 0.25) is 0 Å². The van der Waals surface area contributed by atoms with Crippen LogP contribution in [0.1, 0.15) is 28.9 Å². The zero-order valence-electron chi connectivity index (χ0n) is 10.7. The number of rotatable bonds is 3. The predicted molar refractivity (Wildman–Crippen MR) is 71.4 cm³/mol. The Balaban J connectivity index is 1.88. The van der Waals surface area contributed by atoms with Crippen LogP contribution in [0.15, 0.2) is 24.5 Å². The third-order valence-electron chi connectivity index (χ3n) is 3.66. The second-order valence-corrected chi connectivity index (χ2v) is 5.11. The maximum absolute atomic E-state index is 11.2. The number of hydrogen-bond donors (Lipinski definition) is 2. The number of fused-ring (bicyclic) bond motifs is 1. The molecule has 2 N–H and O–H groups in total. The molecule has 0 radical (unpaired) electrons. The fourth-order valence-corrected chi connectivity index (χ4v) is 2.72. The molecule has 2 aromatic rings. The van der Waals surface area contributed by atoms with Crippen LogP contribution in [0.5, 0.6) is 0 Å². The van der Waals surface area contributed by atoms with Crippen molar-refractivity contribution in [3.8, 4) is 0 Å². The topological polar surface area (TPSA) is 66.6 Å². The molecule has 0 aliphatic carbocycles. The van der Waals surface area contributed by atoms with Gasteiger partial charge in [-0.05, 0) is 50.4 Å². The largest absolute Gasteiger partial charge is 0.478 e. The predicted octanol–water partition coefficient (Wildman–Crippen LogP) is 1.57. The Hall–Kier alpha value is -1.88. The van der Waals surface area contributed by atoms with Crippen molar-refractivity contribution in [2.45, 2.75) is 19.3 Å². The molecule has 1 aliphatic rings. The van der Waals surface area contributed by atoms with Crippen molar-refractivity contribution in [3.63, 3.8) is 0 Å². The van der Waals surface area contributed by atoms with Gasteiger partial charge in [0.05, 0.1) is 5.69 Å². The summed E-state index contributed by atoms with van der Waals surface area (Å²) >= 11 is 0. The minimum absolute atomic E-state index is 0.260. The standard InChI is InChI=1S/C14H17N3O2/c18-14(19)12-4-2-6-17-9-11(16-13(12)17)7-10-3-1-5-15-8-10/h2,4,6,9-10,15H,1,3,5,7-8H2,(H,18,19). The monoisotopic (exact) mass is 259 g/mol. The Bertz CT molecular complexity index is 600. The molecule has 1 atom stereocenters. The highest BCUT2D eigenvalue weighted by Crippen LogP contribution is 2.18. The Morgan fingerprint density at radius 2 is 2.47 bits per heavy atom. The molecule has 2 aromatic heterocycles. The van der Waals surface area contributed by atoms with Crippen LogP contribution in [0.2, 0.25) is 0 Å². The average molecular weight is 259 g/mol. The first-order chi connectivity index (χ1) is 9.24. The van der Waals surface area contributed by atoms with Crippen molar-refractivity contribution in [2.24, 2.45) is 5.92 Å². The summed E-state index contributed by atoms with van der Waals surface area (Å²) in [4.78, 5) is 15.6. The molecule has 1 unspecified atom stereocenters. The summed E-state index contributed by atoms with van der Waals surface area (Å²) in [6, 6.07) is 3.33. The molecule has 5 nitrogen and oxygen atoms in total. The molecule has 19 heavy (non-hydrogen) atoms. The number of carboxylic acid groups (broad SMARTS) is 1. The van der Waals surface area contributed by atoms with E-state index in [2.05, 4.69) is 10.3 Å². The zero-order chi connectivity index (χ0) is 13.2. The third kappa shape index (κ3) is 2.46. The summed E-state index contributed by atoms with van der Waals surface area (Å²) in [7, 11) is 0. The SMILES string of the molecule is O=C(O)c1cccn2cc(CC3CCCNC3)nc12. The van der Waals surface area contributed by atoms with Crippen molar-refractivity contribution in [2.75, 3.05) is 13.1 Å². The van der Waals surface area contributed by atoms with Gasteiger partial charge in [-0.15, -0.1) is 0 Å². The second kappa shape index (κ2) is 5.01. The average Bonchev–Trinajstić information content (AvgIpc) is 2.81. The summed E-state index contributed by atoms with van der Waals surface area (Å²) in [5.74, 6) is -0.325. The number of piperidine rings is 1. The number of carboxylic acids is 1. The van der Waals surface area contributed by atoms with Gasteiger partial charge in [-0.3, -0.25) is 0 Å². The molecule has 100 valence electrons. The maximum Gasteiger partial charge on any atom is 0.339 e. The van der Waals surface area contributed by atoms with Crippen molar-refractivity contribution in [3.05, 3.63) is 35.8 Å². The minimum atomic E-state index is -0.929. The van der Waals surface area contributed by atoms with Crippen LogP contribution in [-0.4, -0.2) is 33.6 Å². The van der Waals surface area contributed by atoms with Gasteiger partial charge in [0.15, 0.2) is 5.65 Å². The first-order valence-electron chi connectivity index (χ1n) is 6.64. The number of imidazole rings is 1. The molecule has 1 aliphatic heterocycles. The maximum atomic E-state index is 11.2. The van der Waals surface area contributed by atoms with Crippen LogP contribution in [0, 0.1) is 5.92 Å². The molecule has 0 amide bonds. The summed E-state index contributed by atoms with van der Waals surface area (Å²) < 4.78 is 1.80. The molecule has 0 aromatic carbocycles. The van der Waals surface area contributed by atoms with Gasteiger partial charge in [0, 0.05) is 12.4 Å². The zero-order valence-corrected chi connectivity index (χ0v) is 10.7. The summed E-state index contributed by atoms with van der Waals surface area (Å²) in [5, 5.41) is 12.5. The van der Waals surface area contributed by atoms with Crippen LogP contribution in [0.25, 0.3) is 5.65 Å². The van der Waals surface area contributed by atoms with Crippen LogP contribution in [-0.2, 0) is 6.42 Å². The Kier molecular flexibility index (Phi) is 3.21. The third-order valence-corrected chi connectivity index (χ3v) is 3.66. The molecule has 5 heteroatoms. The Morgan fingerprint density at radius 1 is 1.58 bits per heavy atom. The first kappa shape index (κ1) is 12.2. The van der Waals surface area contributed by atoms with Crippen molar-refractivity contribution < 1.29 is 9.90 Å². The number of aromatic carboxylic acids is 1. The van der Waals surface area contributed by atoms with Gasteiger partial charge in [-0.2, -0.15) is 0 Å².